The number of rotatable bonds is 2. The molecule has 3 aliphatic rings. The molecule has 4 rings (SSSR count). The molecule has 1 spiro atoms. The highest BCUT2D eigenvalue weighted by molar-refractivity contribution is 8.00. The van der Waals surface area contributed by atoms with Crippen molar-refractivity contribution in [3.8, 4) is 0 Å². The van der Waals surface area contributed by atoms with Gasteiger partial charge in [-0.1, -0.05) is 24.5 Å². The van der Waals surface area contributed by atoms with Gasteiger partial charge in [0.15, 0.2) is 5.69 Å². The predicted octanol–water partition coefficient (Wildman–Crippen LogP) is 2.82. The SMILES string of the molecule is Cc1c(C(=O)N2CCSC3(CCCCC3)C2)nnn1C1CCNCC1.Cl. The van der Waals surface area contributed by atoms with Gasteiger partial charge >= 0.3 is 0 Å². The van der Waals surface area contributed by atoms with Gasteiger partial charge in [-0.05, 0) is 45.7 Å². The molecule has 146 valence electrons. The maximum atomic E-state index is 13.1. The second-order valence-electron chi connectivity index (χ2n) is 7.77. The number of carbonyl (C=O) groups excluding carboxylic acids is 1. The third-order valence-corrected chi connectivity index (χ3v) is 7.62. The first-order chi connectivity index (χ1) is 12.2. The van der Waals surface area contributed by atoms with Gasteiger partial charge in [-0.2, -0.15) is 11.8 Å². The van der Waals surface area contributed by atoms with Crippen LogP contribution in [0.3, 0.4) is 0 Å². The van der Waals surface area contributed by atoms with E-state index in [1.54, 1.807) is 0 Å². The van der Waals surface area contributed by atoms with Crippen LogP contribution in [0.15, 0.2) is 0 Å². The first-order valence-electron chi connectivity index (χ1n) is 9.74. The molecule has 1 amide bonds. The fourth-order valence-electron chi connectivity index (χ4n) is 4.60. The predicted molar refractivity (Wildman–Crippen MR) is 107 cm³/mol. The van der Waals surface area contributed by atoms with Crippen LogP contribution >= 0.6 is 24.2 Å². The molecule has 2 aliphatic heterocycles. The van der Waals surface area contributed by atoms with E-state index in [4.69, 9.17) is 0 Å². The summed E-state index contributed by atoms with van der Waals surface area (Å²) in [5.74, 6) is 1.13. The summed E-state index contributed by atoms with van der Waals surface area (Å²) in [6.45, 7) is 5.75. The number of nitrogens with one attached hydrogen (secondary N) is 1. The molecule has 1 N–H and O–H groups in total. The minimum Gasteiger partial charge on any atom is -0.335 e. The van der Waals surface area contributed by atoms with Gasteiger partial charge in [0, 0.05) is 23.6 Å². The van der Waals surface area contributed by atoms with E-state index in [-0.39, 0.29) is 18.3 Å². The minimum absolute atomic E-state index is 0. The van der Waals surface area contributed by atoms with Crippen LogP contribution in [-0.4, -0.2) is 62.5 Å². The van der Waals surface area contributed by atoms with Gasteiger partial charge in [0.05, 0.1) is 11.7 Å². The summed E-state index contributed by atoms with van der Waals surface area (Å²) in [7, 11) is 0. The normalized spacial score (nSPS) is 23.7. The largest absolute Gasteiger partial charge is 0.335 e. The molecule has 1 saturated carbocycles. The Morgan fingerprint density at radius 2 is 1.96 bits per heavy atom. The third kappa shape index (κ3) is 3.90. The van der Waals surface area contributed by atoms with Crippen LogP contribution in [0.1, 0.15) is 67.2 Å². The average Bonchev–Trinajstić information content (AvgIpc) is 3.04. The van der Waals surface area contributed by atoms with Crippen LogP contribution in [0.4, 0.5) is 0 Å². The van der Waals surface area contributed by atoms with Crippen LogP contribution in [0.5, 0.6) is 0 Å². The lowest BCUT2D eigenvalue weighted by atomic mass is 9.87. The van der Waals surface area contributed by atoms with Crippen molar-refractivity contribution in [1.82, 2.24) is 25.2 Å². The number of hydrogen-bond donors (Lipinski definition) is 1. The highest BCUT2D eigenvalue weighted by atomic mass is 35.5. The van der Waals surface area contributed by atoms with Crippen LogP contribution in [0.25, 0.3) is 0 Å². The lowest BCUT2D eigenvalue weighted by Crippen LogP contribution is -2.50. The summed E-state index contributed by atoms with van der Waals surface area (Å²) in [6.07, 6.45) is 8.58. The van der Waals surface area contributed by atoms with Crippen molar-refractivity contribution in [3.63, 3.8) is 0 Å². The van der Waals surface area contributed by atoms with E-state index in [1.165, 1.54) is 32.1 Å². The maximum absolute atomic E-state index is 13.1. The van der Waals surface area contributed by atoms with Crippen molar-refractivity contribution < 1.29 is 4.79 Å². The smallest absolute Gasteiger partial charge is 0.276 e. The second kappa shape index (κ2) is 8.48. The number of nitrogens with zero attached hydrogens (tertiary/aromatic N) is 4. The van der Waals surface area contributed by atoms with Gasteiger partial charge in [-0.25, -0.2) is 4.68 Å². The number of amides is 1. The zero-order valence-corrected chi connectivity index (χ0v) is 17.2. The van der Waals surface area contributed by atoms with Crippen molar-refractivity contribution in [2.24, 2.45) is 0 Å². The Morgan fingerprint density at radius 1 is 1.23 bits per heavy atom. The van der Waals surface area contributed by atoms with Crippen molar-refractivity contribution in [2.75, 3.05) is 31.9 Å². The van der Waals surface area contributed by atoms with Gasteiger partial charge in [-0.3, -0.25) is 4.79 Å². The Balaban J connectivity index is 0.00000196. The number of aromatic nitrogens is 3. The Kier molecular flexibility index (Phi) is 6.51. The molecule has 0 aromatic carbocycles. The zero-order chi connectivity index (χ0) is 17.3. The van der Waals surface area contributed by atoms with Gasteiger partial charge in [0.25, 0.3) is 5.91 Å². The second-order valence-corrected chi connectivity index (χ2v) is 9.33. The summed E-state index contributed by atoms with van der Waals surface area (Å²) in [6, 6.07) is 0.372. The van der Waals surface area contributed by atoms with E-state index < -0.39 is 0 Å². The Morgan fingerprint density at radius 3 is 2.69 bits per heavy atom. The summed E-state index contributed by atoms with van der Waals surface area (Å²) in [5, 5.41) is 12.0. The molecule has 3 heterocycles. The van der Waals surface area contributed by atoms with E-state index in [0.29, 0.717) is 16.5 Å². The van der Waals surface area contributed by atoms with Crippen LogP contribution in [0.2, 0.25) is 0 Å². The molecule has 3 fully saturated rings. The molecular weight excluding hydrogens is 370 g/mol. The first kappa shape index (κ1) is 20.0. The van der Waals surface area contributed by atoms with Crippen molar-refractivity contribution in [3.05, 3.63) is 11.4 Å². The Labute approximate surface area is 166 Å². The van der Waals surface area contributed by atoms with Crippen LogP contribution < -0.4 is 5.32 Å². The van der Waals surface area contributed by atoms with E-state index in [9.17, 15) is 4.79 Å². The topological polar surface area (TPSA) is 63.1 Å². The molecule has 8 heteroatoms. The van der Waals surface area contributed by atoms with E-state index >= 15 is 0 Å². The number of carbonyl (C=O) groups is 1. The molecule has 0 atom stereocenters. The number of thioether (sulfide) groups is 1. The maximum Gasteiger partial charge on any atom is 0.276 e. The van der Waals surface area contributed by atoms with Crippen LogP contribution in [-0.2, 0) is 0 Å². The van der Waals surface area contributed by atoms with Crippen LogP contribution in [0, 0.1) is 6.92 Å². The Bertz CT molecular complexity index is 620. The first-order valence-corrected chi connectivity index (χ1v) is 10.7. The number of piperidine rings is 1. The lowest BCUT2D eigenvalue weighted by molar-refractivity contribution is 0.0723. The molecular formula is C18H30ClN5OS. The van der Waals surface area contributed by atoms with Crippen molar-refractivity contribution >= 4 is 30.1 Å². The van der Waals surface area contributed by atoms with Gasteiger partial charge in [0.2, 0.25) is 0 Å². The van der Waals surface area contributed by atoms with E-state index in [0.717, 1.165) is 50.5 Å². The lowest BCUT2D eigenvalue weighted by Gasteiger charge is -2.44. The highest BCUT2D eigenvalue weighted by Gasteiger charge is 2.39. The average molecular weight is 400 g/mol. The third-order valence-electron chi connectivity index (χ3n) is 6.09. The fraction of sp³-hybridized carbons (Fsp3) is 0.833. The minimum atomic E-state index is 0. The summed E-state index contributed by atoms with van der Waals surface area (Å²) in [4.78, 5) is 15.2. The van der Waals surface area contributed by atoms with Crippen molar-refractivity contribution in [2.45, 2.75) is 62.7 Å². The fourth-order valence-corrected chi connectivity index (χ4v) is 6.17. The monoisotopic (exact) mass is 399 g/mol. The molecule has 26 heavy (non-hydrogen) atoms. The number of halogens is 1. The molecule has 1 aromatic heterocycles. The molecule has 0 radical (unpaired) electrons. The standard InChI is InChI=1S/C18H29N5OS.ClH/c1-14-16(20-21-23(14)15-5-9-19-10-6-15)17(24)22-11-12-25-18(13-22)7-3-2-4-8-18;/h15,19H,2-13H2,1H3;1H. The van der Waals surface area contributed by atoms with Gasteiger partial charge < -0.3 is 10.2 Å². The van der Waals surface area contributed by atoms with E-state index in [2.05, 4.69) is 27.4 Å². The molecule has 0 unspecified atom stereocenters. The summed E-state index contributed by atoms with van der Waals surface area (Å²) < 4.78 is 2.29. The van der Waals surface area contributed by atoms with Crippen molar-refractivity contribution in [1.29, 1.82) is 0 Å². The Hall–Kier alpha value is -0.790. The molecule has 0 bridgehead atoms. The molecule has 2 saturated heterocycles. The summed E-state index contributed by atoms with van der Waals surface area (Å²) >= 11 is 2.09. The van der Waals surface area contributed by atoms with Gasteiger partial charge in [-0.15, -0.1) is 17.5 Å². The molecule has 1 aromatic rings. The molecule has 6 nitrogen and oxygen atoms in total. The van der Waals surface area contributed by atoms with E-state index in [1.807, 2.05) is 16.5 Å². The van der Waals surface area contributed by atoms with Gasteiger partial charge in [0.1, 0.15) is 0 Å². The quantitative estimate of drug-likeness (QED) is 0.828. The number of hydrogen-bond acceptors (Lipinski definition) is 5. The zero-order valence-electron chi connectivity index (χ0n) is 15.6. The summed E-state index contributed by atoms with van der Waals surface area (Å²) in [5.41, 5.74) is 1.50. The molecule has 1 aliphatic carbocycles. The highest BCUT2D eigenvalue weighted by Crippen LogP contribution is 2.43.